The maximum Gasteiger partial charge on any atom is 0.0549 e. The van der Waals surface area contributed by atoms with Gasteiger partial charge in [-0.2, -0.15) is 0 Å². The third kappa shape index (κ3) is 14.5. The molecule has 0 radical (unpaired) electrons. The lowest BCUT2D eigenvalue weighted by molar-refractivity contribution is 1.17. The zero-order chi connectivity index (χ0) is 98.8. The fraction of sp³-hybridized carbons (Fsp3) is 0. The maximum absolute atomic E-state index is 2.48. The van der Waals surface area contributed by atoms with Crippen molar-refractivity contribution in [3.8, 4) is 112 Å². The van der Waals surface area contributed by atoms with Crippen LogP contribution in [0.3, 0.4) is 0 Å². The van der Waals surface area contributed by atoms with Crippen LogP contribution in [0.4, 0.5) is 0 Å². The van der Waals surface area contributed by atoms with Crippen LogP contribution in [-0.2, 0) is 0 Å². The minimum absolute atomic E-state index is 1.14. The second kappa shape index (κ2) is 36.1. The van der Waals surface area contributed by atoms with E-state index in [1.165, 1.54) is 258 Å². The molecule has 0 bridgehead atoms. The van der Waals surface area contributed by atoms with E-state index in [2.05, 4.69) is 598 Å². The molecule has 0 unspecified atom stereocenters. The molecule has 31 rings (SSSR count). The summed E-state index contributed by atoms with van der Waals surface area (Å²) in [6, 6.07) is 207. The minimum atomic E-state index is 1.14. The van der Waals surface area contributed by atoms with Gasteiger partial charge in [0.1, 0.15) is 0 Å². The summed E-state index contributed by atoms with van der Waals surface area (Å²) in [6.45, 7) is 0. The highest BCUT2D eigenvalue weighted by Crippen LogP contribution is 2.51. The van der Waals surface area contributed by atoms with E-state index in [0.29, 0.717) is 0 Å². The summed E-state index contributed by atoms with van der Waals surface area (Å²) in [6.07, 6.45) is 0. The summed E-state index contributed by atoms with van der Waals surface area (Å²) in [4.78, 5) is 0. The molecule has 0 amide bonds. The van der Waals surface area contributed by atoms with Crippen LogP contribution in [0.2, 0.25) is 0 Å². The Morgan fingerprint density at radius 2 is 0.380 bits per heavy atom. The molecular formula is C144H94N6. The number of benzene rings is 25. The summed E-state index contributed by atoms with van der Waals surface area (Å²) in [5.41, 5.74) is 38.5. The smallest absolute Gasteiger partial charge is 0.0549 e. The Labute approximate surface area is 866 Å². The first-order chi connectivity index (χ1) is 74.5. The van der Waals surface area contributed by atoms with Crippen LogP contribution in [0, 0.1) is 0 Å². The van der Waals surface area contributed by atoms with Crippen molar-refractivity contribution in [2.45, 2.75) is 0 Å². The SMILES string of the molecule is c1ccc(-c2ccc(-n3c4cc(-c5ccccc5)ccc4c4c5c6ccccc6n(-c6ccc(-c7ccccc7)c7ccccc67)c5ccc43)cc2)cc1.c1ccc(-c2ccc3c(c2)c2c4c5ccccc5n(-c5ccccc5)c4ccc2n3-c2cccc(-c3ccc4ccccc4c3)c2)cc1.c1ccc(-c2ccc3c4c5c6ccccc6n(-c6ccccc6)c5ccc4n(-c4cccc(-c5cccc6ccccc56)c4)c3c2)cc1. The number of aromatic nitrogens is 6. The Kier molecular flexibility index (Phi) is 20.9. The van der Waals surface area contributed by atoms with Gasteiger partial charge in [0.15, 0.2) is 0 Å². The van der Waals surface area contributed by atoms with Crippen molar-refractivity contribution >= 4 is 163 Å². The molecule has 0 spiro atoms. The first-order valence-electron chi connectivity index (χ1n) is 51.7. The van der Waals surface area contributed by atoms with Gasteiger partial charge >= 0.3 is 0 Å². The van der Waals surface area contributed by atoms with Crippen molar-refractivity contribution in [3.63, 3.8) is 0 Å². The van der Waals surface area contributed by atoms with E-state index in [1.54, 1.807) is 0 Å². The quantitative estimate of drug-likeness (QED) is 0.110. The third-order valence-corrected chi connectivity index (χ3v) is 30.9. The van der Waals surface area contributed by atoms with Crippen LogP contribution in [0.5, 0.6) is 0 Å². The van der Waals surface area contributed by atoms with Crippen molar-refractivity contribution in [3.05, 3.63) is 570 Å². The predicted molar refractivity (Wildman–Crippen MR) is 636 cm³/mol. The normalized spacial score (nSPS) is 11.7. The van der Waals surface area contributed by atoms with Crippen LogP contribution in [-0.4, -0.2) is 27.4 Å². The number of rotatable bonds is 13. The third-order valence-electron chi connectivity index (χ3n) is 30.9. The average Bonchev–Trinajstić information content (AvgIpc) is 1.53. The Hall–Kier alpha value is -19.9. The molecule has 6 heterocycles. The average molecular weight is 1910 g/mol. The highest BCUT2D eigenvalue weighted by molar-refractivity contribution is 6.33. The van der Waals surface area contributed by atoms with Gasteiger partial charge in [-0.3, -0.25) is 0 Å². The minimum Gasteiger partial charge on any atom is -0.309 e. The van der Waals surface area contributed by atoms with E-state index < -0.39 is 0 Å². The summed E-state index contributed by atoms with van der Waals surface area (Å²) in [5.74, 6) is 0. The lowest BCUT2D eigenvalue weighted by Gasteiger charge is -2.15. The second-order valence-electron chi connectivity index (χ2n) is 39.2. The molecular weight excluding hydrogens is 1810 g/mol. The molecule has 0 N–H and O–H groups in total. The fourth-order valence-electron chi connectivity index (χ4n) is 24.2. The topological polar surface area (TPSA) is 29.6 Å². The van der Waals surface area contributed by atoms with Gasteiger partial charge in [-0.05, 0) is 256 Å². The molecule has 0 aliphatic rings. The van der Waals surface area contributed by atoms with E-state index in [1.807, 2.05) is 0 Å². The molecule has 0 fully saturated rings. The van der Waals surface area contributed by atoms with E-state index >= 15 is 0 Å². The second-order valence-corrected chi connectivity index (χ2v) is 39.2. The van der Waals surface area contributed by atoms with Gasteiger partial charge < -0.3 is 27.4 Å². The zero-order valence-electron chi connectivity index (χ0n) is 82.0. The molecule has 25 aromatic carbocycles. The van der Waals surface area contributed by atoms with Gasteiger partial charge in [-0.25, -0.2) is 0 Å². The van der Waals surface area contributed by atoms with Gasteiger partial charge in [-0.1, -0.05) is 419 Å². The fourth-order valence-corrected chi connectivity index (χ4v) is 24.2. The molecule has 150 heavy (non-hydrogen) atoms. The molecule has 31 aromatic rings. The number of nitrogens with zero attached hydrogens (tertiary/aromatic N) is 6. The summed E-state index contributed by atoms with van der Waals surface area (Å²) < 4.78 is 14.7. The van der Waals surface area contributed by atoms with Crippen molar-refractivity contribution < 1.29 is 0 Å². The highest BCUT2D eigenvalue weighted by Gasteiger charge is 2.28. The van der Waals surface area contributed by atoms with Crippen molar-refractivity contribution in [1.82, 2.24) is 27.4 Å². The molecule has 700 valence electrons. The first kappa shape index (κ1) is 86.7. The molecule has 6 aromatic heterocycles. The van der Waals surface area contributed by atoms with Crippen LogP contribution in [0.15, 0.2) is 570 Å². The molecule has 6 heteroatoms. The van der Waals surface area contributed by atoms with Crippen molar-refractivity contribution in [2.75, 3.05) is 0 Å². The Morgan fingerprint density at radius 3 is 0.893 bits per heavy atom. The van der Waals surface area contributed by atoms with E-state index in [9.17, 15) is 0 Å². The zero-order valence-corrected chi connectivity index (χ0v) is 82.0. The predicted octanol–water partition coefficient (Wildman–Crippen LogP) is 38.8. The number of fused-ring (bicyclic) bond motifs is 24. The van der Waals surface area contributed by atoms with Gasteiger partial charge in [0.25, 0.3) is 0 Å². The van der Waals surface area contributed by atoms with Crippen LogP contribution in [0.25, 0.3) is 275 Å². The van der Waals surface area contributed by atoms with Gasteiger partial charge in [0, 0.05) is 98.5 Å². The number of para-hydroxylation sites is 5. The molecule has 0 aliphatic carbocycles. The number of hydrogen-bond donors (Lipinski definition) is 0. The Balaban J connectivity index is 0.000000106. The number of hydrogen-bond acceptors (Lipinski definition) is 0. The van der Waals surface area contributed by atoms with Gasteiger partial charge in [0.2, 0.25) is 0 Å². The summed E-state index contributed by atoms with van der Waals surface area (Å²) >= 11 is 0. The highest BCUT2D eigenvalue weighted by atomic mass is 15.0. The van der Waals surface area contributed by atoms with Crippen LogP contribution in [0.1, 0.15) is 0 Å². The van der Waals surface area contributed by atoms with Gasteiger partial charge in [-0.15, -0.1) is 0 Å². The molecule has 6 nitrogen and oxygen atoms in total. The van der Waals surface area contributed by atoms with E-state index in [-0.39, 0.29) is 0 Å². The summed E-state index contributed by atoms with van der Waals surface area (Å²) in [7, 11) is 0. The largest absolute Gasteiger partial charge is 0.309 e. The monoisotopic (exact) mass is 1910 g/mol. The van der Waals surface area contributed by atoms with E-state index in [4.69, 9.17) is 0 Å². The van der Waals surface area contributed by atoms with Crippen LogP contribution >= 0.6 is 0 Å². The van der Waals surface area contributed by atoms with Crippen LogP contribution < -0.4 is 0 Å². The lowest BCUT2D eigenvalue weighted by Crippen LogP contribution is -1.97. The standard InChI is InChI=1S/C52H34N2.2C46H30N2/c1-4-14-35(15-5-1)37-24-27-40(28-25-37)53-48-32-33-49-51(52(48)45-29-26-39(34-50(45)53)36-16-6-2-7-17-36)44-22-12-13-23-46(44)54(49)47-31-30-41(38-18-8-3-9-19-38)42-20-10-11-21-43(42)47;1-3-13-31(14-4-1)33-25-26-40-44(30-33)48(36-20-11-17-34(29-36)38-23-12-16-32-15-7-8-21-37(32)38)43-28-27-42-45(46(40)43)39-22-9-10-24-41(39)47(42)35-18-5-2-6-19-35;1-3-12-31(13-4-1)36-24-25-42-40(30-36)46-44(27-26-43-45(46)39-20-9-10-21-41(39)47(43)37-17-5-2-6-18-37)48(42)38-19-11-16-34(29-38)35-23-22-32-14-7-8-15-33(32)28-35/h1-34H;2*1-30H. The summed E-state index contributed by atoms with van der Waals surface area (Å²) in [5, 5.41) is 22.7. The maximum atomic E-state index is 2.48. The van der Waals surface area contributed by atoms with E-state index in [0.717, 1.165) is 17.1 Å². The van der Waals surface area contributed by atoms with Crippen molar-refractivity contribution in [1.29, 1.82) is 0 Å². The van der Waals surface area contributed by atoms with Gasteiger partial charge in [0.05, 0.1) is 71.9 Å². The molecule has 0 aliphatic heterocycles. The molecule has 0 saturated heterocycles. The Morgan fingerprint density at radius 1 is 0.100 bits per heavy atom. The Bertz CT molecular complexity index is 10700. The van der Waals surface area contributed by atoms with Crippen molar-refractivity contribution in [2.24, 2.45) is 0 Å². The first-order valence-corrected chi connectivity index (χ1v) is 51.7. The molecule has 0 saturated carbocycles. The lowest BCUT2D eigenvalue weighted by atomic mass is 9.97. The molecule has 0 atom stereocenters.